The number of nitrogens with zero attached hydrogens (tertiary/aromatic N) is 1. The molecule has 0 radical (unpaired) electrons. The van der Waals surface area contributed by atoms with E-state index < -0.39 is 15.6 Å². The number of aromatic nitrogens is 1. The summed E-state index contributed by atoms with van der Waals surface area (Å²) in [6.45, 7) is 1.58. The van der Waals surface area contributed by atoms with Crippen LogP contribution >= 0.6 is 0 Å². The molecule has 0 fully saturated rings. The third-order valence-corrected chi connectivity index (χ3v) is 5.09. The molecule has 0 saturated carbocycles. The molecular weight excluding hydrogens is 370 g/mol. The molecule has 0 aliphatic carbocycles. The van der Waals surface area contributed by atoms with E-state index in [2.05, 4.69) is 4.98 Å². The summed E-state index contributed by atoms with van der Waals surface area (Å²) in [7, 11) is -3.77. The van der Waals surface area contributed by atoms with Crippen molar-refractivity contribution in [2.75, 3.05) is 0 Å². The summed E-state index contributed by atoms with van der Waals surface area (Å²) >= 11 is 0. The molecule has 0 amide bonds. The first-order valence-electron chi connectivity index (χ1n) is 7.77. The molecule has 0 unspecified atom stereocenters. The summed E-state index contributed by atoms with van der Waals surface area (Å²) in [5.74, 6) is 0.676. The second-order valence-electron chi connectivity index (χ2n) is 5.91. The molecule has 0 aliphatic rings. The summed E-state index contributed by atoms with van der Waals surface area (Å²) in [4.78, 5) is 13.9. The topological polar surface area (TPSA) is 150 Å². The number of rotatable bonds is 4. The maximum atomic E-state index is 11.7. The van der Waals surface area contributed by atoms with Crippen molar-refractivity contribution in [1.29, 1.82) is 5.26 Å². The number of hydrogen-bond acceptors (Lipinski definition) is 6. The fourth-order valence-corrected chi connectivity index (χ4v) is 3.22. The summed E-state index contributed by atoms with van der Waals surface area (Å²) < 4.78 is 28.4. The zero-order valence-corrected chi connectivity index (χ0v) is 15.0. The Morgan fingerprint density at radius 2 is 1.89 bits per heavy atom. The normalized spacial score (nSPS) is 11.3. The molecule has 0 atom stereocenters. The largest absolute Gasteiger partial charge is 0.494 e. The average Bonchev–Trinajstić information content (AvgIpc) is 3.07. The summed E-state index contributed by atoms with van der Waals surface area (Å²) in [5, 5.41) is 24.2. The Morgan fingerprint density at radius 1 is 1.22 bits per heavy atom. The lowest BCUT2D eigenvalue weighted by molar-refractivity contribution is 0.441. The quantitative estimate of drug-likeness (QED) is 0.622. The van der Waals surface area contributed by atoms with Gasteiger partial charge in [0.1, 0.15) is 23.2 Å². The number of nitrogens with two attached hydrogens (primary N) is 1. The second-order valence-corrected chi connectivity index (χ2v) is 7.47. The first-order chi connectivity index (χ1) is 12.7. The number of sulfonamides is 1. The number of H-pyrrole nitrogens is 1. The molecule has 0 aliphatic heterocycles. The molecule has 138 valence electrons. The number of furan rings is 1. The number of nitrogens with one attached hydrogen (secondary N) is 1. The number of primary sulfonamides is 1. The van der Waals surface area contributed by atoms with Crippen molar-refractivity contribution < 1.29 is 17.9 Å². The van der Waals surface area contributed by atoms with Gasteiger partial charge in [-0.1, -0.05) is 0 Å². The van der Waals surface area contributed by atoms with Gasteiger partial charge in [-0.05, 0) is 48.9 Å². The van der Waals surface area contributed by atoms with E-state index in [0.717, 1.165) is 0 Å². The predicted octanol–water partition coefficient (Wildman–Crippen LogP) is 1.76. The fraction of sp³-hybridized carbons (Fsp3) is 0.111. The zero-order chi connectivity index (χ0) is 19.8. The van der Waals surface area contributed by atoms with Crippen LogP contribution in [0.15, 0.2) is 50.5 Å². The van der Waals surface area contributed by atoms with E-state index in [0.29, 0.717) is 28.2 Å². The summed E-state index contributed by atoms with van der Waals surface area (Å²) in [6, 6.07) is 11.1. The average molecular weight is 385 g/mol. The van der Waals surface area contributed by atoms with Crippen LogP contribution in [-0.4, -0.2) is 18.5 Å². The van der Waals surface area contributed by atoms with Gasteiger partial charge in [0.25, 0.3) is 5.56 Å². The van der Waals surface area contributed by atoms with E-state index in [-0.39, 0.29) is 22.8 Å². The van der Waals surface area contributed by atoms with Crippen LogP contribution in [0.3, 0.4) is 0 Å². The van der Waals surface area contributed by atoms with Crippen molar-refractivity contribution in [3.05, 3.63) is 69.2 Å². The number of hydrogen-bond donors (Lipinski definition) is 3. The number of aromatic hydroxyl groups is 1. The van der Waals surface area contributed by atoms with Crippen molar-refractivity contribution in [3.8, 4) is 23.3 Å². The summed E-state index contributed by atoms with van der Waals surface area (Å²) in [6.07, 6.45) is 0.165. The van der Waals surface area contributed by atoms with Gasteiger partial charge < -0.3 is 9.52 Å². The Hall–Kier alpha value is -3.35. The maximum Gasteiger partial charge on any atom is 0.268 e. The maximum absolute atomic E-state index is 11.7. The molecule has 8 nitrogen and oxygen atoms in total. The van der Waals surface area contributed by atoms with E-state index in [9.17, 15) is 18.3 Å². The minimum absolute atomic E-state index is 0.00384. The van der Waals surface area contributed by atoms with Crippen molar-refractivity contribution >= 4 is 10.0 Å². The lowest BCUT2D eigenvalue weighted by Gasteiger charge is -2.08. The van der Waals surface area contributed by atoms with Crippen LogP contribution in [0, 0.1) is 18.3 Å². The van der Waals surface area contributed by atoms with Gasteiger partial charge in [-0.15, -0.1) is 0 Å². The van der Waals surface area contributed by atoms with Gasteiger partial charge >= 0.3 is 0 Å². The molecule has 1 aromatic carbocycles. The lowest BCUT2D eigenvalue weighted by atomic mass is 10.0. The molecule has 27 heavy (non-hydrogen) atoms. The Morgan fingerprint density at radius 3 is 2.48 bits per heavy atom. The minimum Gasteiger partial charge on any atom is -0.494 e. The Balaban J connectivity index is 1.92. The number of benzene rings is 1. The van der Waals surface area contributed by atoms with Crippen molar-refractivity contribution in [2.24, 2.45) is 5.14 Å². The Bertz CT molecular complexity index is 1220. The molecule has 0 spiro atoms. The van der Waals surface area contributed by atoms with Crippen molar-refractivity contribution in [3.63, 3.8) is 0 Å². The smallest absolute Gasteiger partial charge is 0.268 e. The fourth-order valence-electron chi connectivity index (χ4n) is 2.71. The van der Waals surface area contributed by atoms with Gasteiger partial charge in [0.05, 0.1) is 4.90 Å². The Labute approximate surface area is 154 Å². The number of nitriles is 1. The van der Waals surface area contributed by atoms with Gasteiger partial charge in [0.2, 0.25) is 10.0 Å². The minimum atomic E-state index is -3.77. The van der Waals surface area contributed by atoms with Gasteiger partial charge in [0.15, 0.2) is 5.88 Å². The second kappa shape index (κ2) is 6.75. The van der Waals surface area contributed by atoms with Crippen LogP contribution < -0.4 is 10.7 Å². The van der Waals surface area contributed by atoms with E-state index in [4.69, 9.17) is 14.8 Å². The number of aromatic amines is 1. The van der Waals surface area contributed by atoms with Crippen LogP contribution in [0.25, 0.3) is 11.3 Å². The molecule has 3 rings (SSSR count). The first kappa shape index (κ1) is 18.4. The molecule has 0 saturated heterocycles. The molecule has 2 heterocycles. The third-order valence-electron chi connectivity index (χ3n) is 4.16. The number of pyridine rings is 1. The van der Waals surface area contributed by atoms with E-state index in [1.165, 1.54) is 12.1 Å². The van der Waals surface area contributed by atoms with Crippen LogP contribution in [0.2, 0.25) is 0 Å². The monoisotopic (exact) mass is 385 g/mol. The van der Waals surface area contributed by atoms with Gasteiger partial charge in [0, 0.05) is 17.5 Å². The van der Waals surface area contributed by atoms with Crippen LogP contribution in [0.4, 0.5) is 0 Å². The molecule has 3 aromatic rings. The van der Waals surface area contributed by atoms with Gasteiger partial charge in [-0.25, -0.2) is 13.6 Å². The Kier molecular flexibility index (Phi) is 4.61. The molecule has 4 N–H and O–H groups in total. The molecular formula is C18H15N3O5S. The molecule has 0 bridgehead atoms. The molecule has 2 aromatic heterocycles. The van der Waals surface area contributed by atoms with Crippen LogP contribution in [-0.2, 0) is 16.4 Å². The van der Waals surface area contributed by atoms with Gasteiger partial charge in [-0.3, -0.25) is 9.78 Å². The van der Waals surface area contributed by atoms with Crippen molar-refractivity contribution in [2.45, 2.75) is 18.2 Å². The van der Waals surface area contributed by atoms with E-state index in [1.54, 1.807) is 31.2 Å². The summed E-state index contributed by atoms with van der Waals surface area (Å²) in [5.41, 5.74) is 0.707. The van der Waals surface area contributed by atoms with Crippen LogP contribution in [0.5, 0.6) is 5.88 Å². The highest BCUT2D eigenvalue weighted by Crippen LogP contribution is 2.27. The van der Waals surface area contributed by atoms with E-state index >= 15 is 0 Å². The standard InChI is InChI=1S/C18H15N3O5S/c1-10-14(17(22)21-18(23)15(10)9-19)8-12-4-7-16(26-12)11-2-5-13(6-3-11)27(20,24)25/h2-7H,8H2,1H3,(H2,20,24,25)(H2,21,22,23). The third kappa shape index (κ3) is 3.62. The van der Waals surface area contributed by atoms with Crippen molar-refractivity contribution in [1.82, 2.24) is 4.98 Å². The van der Waals surface area contributed by atoms with Gasteiger partial charge in [-0.2, -0.15) is 5.26 Å². The predicted molar refractivity (Wildman–Crippen MR) is 96.5 cm³/mol. The highest BCUT2D eigenvalue weighted by molar-refractivity contribution is 7.89. The zero-order valence-electron chi connectivity index (χ0n) is 14.2. The molecule has 9 heteroatoms. The highest BCUT2D eigenvalue weighted by atomic mass is 32.2. The lowest BCUT2D eigenvalue weighted by Crippen LogP contribution is -2.14. The SMILES string of the molecule is Cc1c(Cc2ccc(-c3ccc(S(N)(=O)=O)cc3)o2)c(O)[nH]c(=O)c1C#N. The highest BCUT2D eigenvalue weighted by Gasteiger charge is 2.16. The first-order valence-corrected chi connectivity index (χ1v) is 9.32. The van der Waals surface area contributed by atoms with Crippen LogP contribution in [0.1, 0.15) is 22.5 Å². The van der Waals surface area contributed by atoms with E-state index in [1.807, 2.05) is 6.07 Å².